The van der Waals surface area contributed by atoms with Crippen LogP contribution >= 0.6 is 0 Å². The Morgan fingerprint density at radius 1 is 0.930 bits per heavy atom. The van der Waals surface area contributed by atoms with Crippen molar-refractivity contribution in [3.05, 3.63) is 118 Å². The standard InChI is InChI=1S/C41H51NO/c1-8-15-40(43)34-23-25-36(31(7)26-34)41(32-17-11-10-12-18-32)37(24-20-28(3)4)33-22-21-30(6)39(27-33)42-38(9-2)35-19-14-13-16-29(35)5/h9,15-16,19,21-23,25-27,32,43H,2-3,8,10-14,17-18,20,24H2,1,4-7H3/b40-15-,41-37+,42-38?. The van der Waals surface area contributed by atoms with Crippen LogP contribution in [0, 0.1) is 19.8 Å². The van der Waals surface area contributed by atoms with Gasteiger partial charge < -0.3 is 5.11 Å². The predicted octanol–water partition coefficient (Wildman–Crippen LogP) is 12.4. The van der Waals surface area contributed by atoms with Gasteiger partial charge in [0.1, 0.15) is 5.76 Å². The van der Waals surface area contributed by atoms with Gasteiger partial charge in [-0.2, -0.15) is 0 Å². The zero-order valence-electron chi connectivity index (χ0n) is 27.2. The van der Waals surface area contributed by atoms with Gasteiger partial charge in [-0.05, 0) is 147 Å². The number of aliphatic imine (C=N–C) groups is 1. The average Bonchev–Trinajstić information content (AvgIpc) is 3.00. The lowest BCUT2D eigenvalue weighted by Gasteiger charge is -2.29. The van der Waals surface area contributed by atoms with E-state index in [1.807, 2.05) is 12.2 Å². The zero-order valence-corrected chi connectivity index (χ0v) is 27.2. The number of rotatable bonds is 11. The van der Waals surface area contributed by atoms with Crippen LogP contribution in [0.25, 0.3) is 16.9 Å². The molecule has 0 spiro atoms. The maximum atomic E-state index is 10.6. The minimum atomic E-state index is 0.361. The number of allylic oxidation sites excluding steroid dienone is 9. The van der Waals surface area contributed by atoms with E-state index in [1.165, 1.54) is 82.2 Å². The van der Waals surface area contributed by atoms with Crippen LogP contribution in [0.3, 0.4) is 0 Å². The van der Waals surface area contributed by atoms with Gasteiger partial charge in [-0.1, -0.05) is 74.8 Å². The lowest BCUT2D eigenvalue weighted by atomic mass is 9.75. The number of aliphatic hydroxyl groups is 1. The van der Waals surface area contributed by atoms with E-state index in [4.69, 9.17) is 4.99 Å². The number of hydrogen-bond acceptors (Lipinski definition) is 2. The maximum Gasteiger partial charge on any atom is 0.118 e. The Morgan fingerprint density at radius 2 is 1.65 bits per heavy atom. The summed E-state index contributed by atoms with van der Waals surface area (Å²) in [6.07, 6.45) is 19.5. The first-order chi connectivity index (χ1) is 20.7. The molecule has 4 rings (SSSR count). The van der Waals surface area contributed by atoms with Gasteiger partial charge in [0.05, 0.1) is 11.4 Å². The highest BCUT2D eigenvalue weighted by atomic mass is 16.3. The Balaban J connectivity index is 1.93. The molecule has 0 atom stereocenters. The van der Waals surface area contributed by atoms with Gasteiger partial charge in [0.2, 0.25) is 0 Å². The van der Waals surface area contributed by atoms with Crippen molar-refractivity contribution in [2.45, 2.75) is 98.8 Å². The summed E-state index contributed by atoms with van der Waals surface area (Å²) < 4.78 is 0. The topological polar surface area (TPSA) is 32.6 Å². The van der Waals surface area contributed by atoms with Crippen LogP contribution < -0.4 is 0 Å². The minimum Gasteiger partial charge on any atom is -0.508 e. The fourth-order valence-corrected chi connectivity index (χ4v) is 6.60. The van der Waals surface area contributed by atoms with Gasteiger partial charge in [0, 0.05) is 5.56 Å². The van der Waals surface area contributed by atoms with E-state index in [-0.39, 0.29) is 0 Å². The van der Waals surface area contributed by atoms with E-state index >= 15 is 0 Å². The molecule has 2 aliphatic carbocycles. The summed E-state index contributed by atoms with van der Waals surface area (Å²) in [6, 6.07) is 13.3. The van der Waals surface area contributed by atoms with Crippen LogP contribution in [0.5, 0.6) is 0 Å². The molecule has 0 bridgehead atoms. The van der Waals surface area contributed by atoms with Crippen LogP contribution in [0.1, 0.15) is 113 Å². The second kappa shape index (κ2) is 15.2. The van der Waals surface area contributed by atoms with Gasteiger partial charge in [0.15, 0.2) is 0 Å². The van der Waals surface area contributed by atoms with Gasteiger partial charge >= 0.3 is 0 Å². The Labute approximate surface area is 261 Å². The Bertz CT molecular complexity index is 1500. The summed E-state index contributed by atoms with van der Waals surface area (Å²) in [6.45, 7) is 19.1. The Morgan fingerprint density at radius 3 is 2.30 bits per heavy atom. The fraction of sp³-hybridized carbons (Fsp3) is 0.390. The average molecular weight is 574 g/mol. The zero-order chi connectivity index (χ0) is 30.9. The first kappa shape index (κ1) is 32.3. The largest absolute Gasteiger partial charge is 0.508 e. The van der Waals surface area contributed by atoms with Crippen LogP contribution in [0.2, 0.25) is 0 Å². The van der Waals surface area contributed by atoms with E-state index in [1.54, 1.807) is 0 Å². The van der Waals surface area contributed by atoms with Crippen LogP contribution in [0.15, 0.2) is 95.6 Å². The number of nitrogens with zero attached hydrogens (tertiary/aromatic N) is 1. The molecule has 0 amide bonds. The number of hydrogen-bond donors (Lipinski definition) is 1. The fourth-order valence-electron chi connectivity index (χ4n) is 6.60. The van der Waals surface area contributed by atoms with Gasteiger partial charge in [-0.15, -0.1) is 6.58 Å². The van der Waals surface area contributed by atoms with Crippen molar-refractivity contribution in [1.82, 2.24) is 0 Å². The van der Waals surface area contributed by atoms with Crippen LogP contribution in [0.4, 0.5) is 5.69 Å². The second-order valence-electron chi connectivity index (χ2n) is 12.5. The molecule has 1 fully saturated rings. The van der Waals surface area contributed by atoms with Crippen molar-refractivity contribution >= 4 is 28.3 Å². The molecule has 2 aromatic rings. The molecule has 0 saturated heterocycles. The molecule has 43 heavy (non-hydrogen) atoms. The third-order valence-electron chi connectivity index (χ3n) is 9.01. The molecule has 0 unspecified atom stereocenters. The minimum absolute atomic E-state index is 0.361. The van der Waals surface area contributed by atoms with Crippen LogP contribution in [-0.2, 0) is 0 Å². The highest BCUT2D eigenvalue weighted by Gasteiger charge is 2.25. The summed E-state index contributed by atoms with van der Waals surface area (Å²) in [4.78, 5) is 5.21. The molecular formula is C41H51NO. The molecule has 0 radical (unpaired) electrons. The molecule has 1 saturated carbocycles. The summed E-state index contributed by atoms with van der Waals surface area (Å²) in [7, 11) is 0. The molecule has 2 heteroatoms. The molecule has 0 aliphatic heterocycles. The molecular weight excluding hydrogens is 522 g/mol. The van der Waals surface area contributed by atoms with E-state index < -0.39 is 0 Å². The smallest absolute Gasteiger partial charge is 0.118 e. The lowest BCUT2D eigenvalue weighted by molar-refractivity contribution is 0.429. The van der Waals surface area contributed by atoms with E-state index in [2.05, 4.69) is 96.3 Å². The quantitative estimate of drug-likeness (QED) is 0.123. The van der Waals surface area contributed by atoms with Gasteiger partial charge in [0.25, 0.3) is 0 Å². The second-order valence-corrected chi connectivity index (χ2v) is 12.5. The molecule has 2 aliphatic rings. The maximum absolute atomic E-state index is 10.6. The summed E-state index contributed by atoms with van der Waals surface area (Å²) in [5.41, 5.74) is 14.3. The van der Waals surface area contributed by atoms with Crippen molar-refractivity contribution in [2.75, 3.05) is 0 Å². The normalized spacial score (nSPS) is 17.2. The Hall–Kier alpha value is -3.65. The number of benzene rings is 2. The monoisotopic (exact) mass is 573 g/mol. The Kier molecular flexibility index (Phi) is 11.4. The third-order valence-corrected chi connectivity index (χ3v) is 9.01. The number of aliphatic hydroxyl groups excluding tert-OH is 1. The van der Waals surface area contributed by atoms with Crippen molar-refractivity contribution < 1.29 is 5.11 Å². The molecule has 2 aromatic carbocycles. The highest BCUT2D eigenvalue weighted by Crippen LogP contribution is 2.44. The SMILES string of the molecule is C=CC(=Nc1cc(/C(CCC(=C)C)=C(/c2ccc(/C(O)=C/CC)cc2C)C2CCCCC2)ccc1C)C1=CCCC=C1C. The third kappa shape index (κ3) is 8.05. The van der Waals surface area contributed by atoms with E-state index in [0.29, 0.717) is 11.7 Å². The van der Waals surface area contributed by atoms with Gasteiger partial charge in [-0.25, -0.2) is 4.99 Å². The van der Waals surface area contributed by atoms with Gasteiger partial charge in [-0.3, -0.25) is 0 Å². The lowest BCUT2D eigenvalue weighted by Crippen LogP contribution is -2.12. The molecule has 226 valence electrons. The van der Waals surface area contributed by atoms with E-state index in [9.17, 15) is 5.11 Å². The van der Waals surface area contributed by atoms with Crippen molar-refractivity contribution in [3.8, 4) is 0 Å². The summed E-state index contributed by atoms with van der Waals surface area (Å²) in [5, 5.41) is 10.6. The number of aryl methyl sites for hydroxylation is 2. The molecule has 1 N–H and O–H groups in total. The van der Waals surface area contributed by atoms with Crippen molar-refractivity contribution in [3.63, 3.8) is 0 Å². The molecule has 2 nitrogen and oxygen atoms in total. The summed E-state index contributed by atoms with van der Waals surface area (Å²) in [5.74, 6) is 0.871. The van der Waals surface area contributed by atoms with Crippen molar-refractivity contribution in [2.24, 2.45) is 10.9 Å². The predicted molar refractivity (Wildman–Crippen MR) is 189 cm³/mol. The summed E-state index contributed by atoms with van der Waals surface area (Å²) >= 11 is 0. The highest BCUT2D eigenvalue weighted by molar-refractivity contribution is 6.12. The van der Waals surface area contributed by atoms with Crippen molar-refractivity contribution in [1.29, 1.82) is 0 Å². The molecule has 0 aromatic heterocycles. The first-order valence-electron chi connectivity index (χ1n) is 16.3. The molecule has 0 heterocycles. The first-order valence-corrected chi connectivity index (χ1v) is 16.3. The van der Waals surface area contributed by atoms with E-state index in [0.717, 1.165) is 49.1 Å². The van der Waals surface area contributed by atoms with Crippen LogP contribution in [-0.4, -0.2) is 10.8 Å².